The van der Waals surface area contributed by atoms with Crippen LogP contribution in [0.4, 0.5) is 0 Å². The number of rotatable bonds is 5. The lowest BCUT2D eigenvalue weighted by Crippen LogP contribution is -2.01. The Hall–Kier alpha value is -1.95. The molecule has 0 atom stereocenters. The number of thioether (sulfide) groups is 1. The molecule has 1 aliphatic heterocycles. The quantitative estimate of drug-likeness (QED) is 0.844. The smallest absolute Gasteiger partial charge is 0.286 e. The molecule has 0 fully saturated rings. The van der Waals surface area contributed by atoms with Crippen molar-refractivity contribution >= 4 is 28.9 Å². The fourth-order valence-corrected chi connectivity index (χ4v) is 2.36. The first-order valence-electron chi connectivity index (χ1n) is 6.23. The van der Waals surface area contributed by atoms with E-state index in [1.807, 2.05) is 25.1 Å². The number of methoxy groups -OCH3 is 1. The standard InChI is InChI=1S/C14H16N2O3S/c1-3-6-19-10-5-4-9(7-11(10)18-2)8-12-13(17)16-14(15)20-12/h4-5,7-8H,3,6H2,1-2H3,(H2,15,16,17)/b12-8+. The van der Waals surface area contributed by atoms with E-state index in [0.29, 0.717) is 23.0 Å². The zero-order valence-electron chi connectivity index (χ0n) is 11.4. The van der Waals surface area contributed by atoms with Gasteiger partial charge in [-0.1, -0.05) is 13.0 Å². The molecule has 0 aliphatic carbocycles. The molecular weight excluding hydrogens is 276 g/mol. The van der Waals surface area contributed by atoms with Crippen LogP contribution in [-0.4, -0.2) is 24.8 Å². The Morgan fingerprint density at radius 2 is 2.20 bits per heavy atom. The van der Waals surface area contributed by atoms with E-state index < -0.39 is 0 Å². The van der Waals surface area contributed by atoms with Gasteiger partial charge in [0.25, 0.3) is 5.91 Å². The van der Waals surface area contributed by atoms with Gasteiger partial charge in [0.15, 0.2) is 16.7 Å². The predicted molar refractivity (Wildman–Crippen MR) is 81.0 cm³/mol. The van der Waals surface area contributed by atoms with Crippen LogP contribution in [0.5, 0.6) is 11.5 Å². The van der Waals surface area contributed by atoms with Crippen molar-refractivity contribution in [2.75, 3.05) is 13.7 Å². The van der Waals surface area contributed by atoms with E-state index >= 15 is 0 Å². The van der Waals surface area contributed by atoms with Crippen LogP contribution in [0.25, 0.3) is 6.08 Å². The molecule has 2 N–H and O–H groups in total. The number of nitrogens with zero attached hydrogens (tertiary/aromatic N) is 1. The fraction of sp³-hybridized carbons (Fsp3) is 0.286. The first-order chi connectivity index (χ1) is 9.63. The van der Waals surface area contributed by atoms with Gasteiger partial charge in [0.05, 0.1) is 18.6 Å². The molecule has 0 radical (unpaired) electrons. The molecule has 0 saturated carbocycles. The van der Waals surface area contributed by atoms with Gasteiger partial charge in [0, 0.05) is 0 Å². The second-order valence-electron chi connectivity index (χ2n) is 4.12. The van der Waals surface area contributed by atoms with Crippen molar-refractivity contribution < 1.29 is 14.3 Å². The Labute approximate surface area is 121 Å². The number of amidine groups is 1. The zero-order valence-corrected chi connectivity index (χ0v) is 12.2. The number of amides is 1. The number of nitrogens with two attached hydrogens (primary N) is 1. The highest BCUT2D eigenvalue weighted by Gasteiger charge is 2.19. The van der Waals surface area contributed by atoms with E-state index in [2.05, 4.69) is 4.99 Å². The highest BCUT2D eigenvalue weighted by Crippen LogP contribution is 2.31. The monoisotopic (exact) mass is 292 g/mol. The van der Waals surface area contributed by atoms with Crippen molar-refractivity contribution in [2.24, 2.45) is 10.7 Å². The second kappa shape index (κ2) is 6.47. The lowest BCUT2D eigenvalue weighted by Gasteiger charge is -2.10. The zero-order chi connectivity index (χ0) is 14.5. The molecule has 0 aromatic heterocycles. The minimum atomic E-state index is -0.308. The van der Waals surface area contributed by atoms with Crippen molar-refractivity contribution in [1.29, 1.82) is 0 Å². The van der Waals surface area contributed by atoms with Gasteiger partial charge in [-0.3, -0.25) is 4.79 Å². The summed E-state index contributed by atoms with van der Waals surface area (Å²) in [6.07, 6.45) is 2.67. The molecule has 2 rings (SSSR count). The Morgan fingerprint density at radius 3 is 2.80 bits per heavy atom. The largest absolute Gasteiger partial charge is 0.493 e. The molecular formula is C14H16N2O3S. The molecule has 5 nitrogen and oxygen atoms in total. The van der Waals surface area contributed by atoms with Gasteiger partial charge in [-0.25, -0.2) is 0 Å². The van der Waals surface area contributed by atoms with Gasteiger partial charge >= 0.3 is 0 Å². The molecule has 20 heavy (non-hydrogen) atoms. The first-order valence-corrected chi connectivity index (χ1v) is 7.04. The summed E-state index contributed by atoms with van der Waals surface area (Å²) in [6.45, 7) is 2.67. The topological polar surface area (TPSA) is 73.9 Å². The number of carbonyl (C=O) groups excluding carboxylic acids is 1. The normalized spacial score (nSPS) is 16.4. The van der Waals surface area contributed by atoms with Gasteiger partial charge in [-0.2, -0.15) is 4.99 Å². The van der Waals surface area contributed by atoms with Gasteiger partial charge in [0.2, 0.25) is 0 Å². The lowest BCUT2D eigenvalue weighted by atomic mass is 10.2. The van der Waals surface area contributed by atoms with E-state index in [4.69, 9.17) is 15.2 Å². The van der Waals surface area contributed by atoms with Crippen molar-refractivity contribution in [3.63, 3.8) is 0 Å². The number of benzene rings is 1. The third-order valence-corrected chi connectivity index (χ3v) is 3.40. The number of hydrogen-bond acceptors (Lipinski definition) is 5. The molecule has 1 amide bonds. The average Bonchev–Trinajstić information content (AvgIpc) is 2.75. The van der Waals surface area contributed by atoms with Crippen molar-refractivity contribution in [3.05, 3.63) is 28.7 Å². The summed E-state index contributed by atoms with van der Waals surface area (Å²) < 4.78 is 10.9. The van der Waals surface area contributed by atoms with E-state index in [9.17, 15) is 4.79 Å². The predicted octanol–water partition coefficient (Wildman–Crippen LogP) is 2.41. The van der Waals surface area contributed by atoms with Gasteiger partial charge < -0.3 is 15.2 Å². The number of hydrogen-bond donors (Lipinski definition) is 1. The first kappa shape index (κ1) is 14.5. The maximum Gasteiger partial charge on any atom is 0.286 e. The summed E-state index contributed by atoms with van der Waals surface area (Å²) in [5.74, 6) is 1.02. The summed E-state index contributed by atoms with van der Waals surface area (Å²) >= 11 is 1.17. The lowest BCUT2D eigenvalue weighted by molar-refractivity contribution is -0.113. The Morgan fingerprint density at radius 1 is 1.40 bits per heavy atom. The maximum absolute atomic E-state index is 11.5. The van der Waals surface area contributed by atoms with Crippen LogP contribution < -0.4 is 15.2 Å². The molecule has 106 valence electrons. The molecule has 1 heterocycles. The Kier molecular flexibility index (Phi) is 4.68. The van der Waals surface area contributed by atoms with Crippen LogP contribution in [0.1, 0.15) is 18.9 Å². The van der Waals surface area contributed by atoms with Crippen LogP contribution >= 0.6 is 11.8 Å². The van der Waals surface area contributed by atoms with Crippen LogP contribution in [0.2, 0.25) is 0 Å². The van der Waals surface area contributed by atoms with Crippen LogP contribution in [0.15, 0.2) is 28.1 Å². The van der Waals surface area contributed by atoms with Crippen LogP contribution in [-0.2, 0) is 4.79 Å². The minimum Gasteiger partial charge on any atom is -0.493 e. The summed E-state index contributed by atoms with van der Waals surface area (Å²) in [7, 11) is 1.58. The molecule has 0 saturated heterocycles. The highest BCUT2D eigenvalue weighted by atomic mass is 32.2. The van der Waals surface area contributed by atoms with Gasteiger partial charge in [-0.15, -0.1) is 0 Å². The van der Waals surface area contributed by atoms with E-state index in [0.717, 1.165) is 12.0 Å². The molecule has 0 spiro atoms. The molecule has 1 aromatic rings. The van der Waals surface area contributed by atoms with E-state index in [1.54, 1.807) is 13.2 Å². The molecule has 1 aliphatic rings. The number of carbonyl (C=O) groups is 1. The summed E-state index contributed by atoms with van der Waals surface area (Å²) in [4.78, 5) is 15.7. The van der Waals surface area contributed by atoms with Crippen LogP contribution in [0, 0.1) is 0 Å². The molecule has 0 bridgehead atoms. The summed E-state index contributed by atoms with van der Waals surface area (Å²) in [6, 6.07) is 5.51. The Balaban J connectivity index is 2.22. The SMILES string of the molecule is CCCOc1ccc(/C=C2/SC(N)=NC2=O)cc1OC. The summed E-state index contributed by atoms with van der Waals surface area (Å²) in [5, 5.41) is 0.274. The van der Waals surface area contributed by atoms with Crippen molar-refractivity contribution in [2.45, 2.75) is 13.3 Å². The second-order valence-corrected chi connectivity index (χ2v) is 5.19. The van der Waals surface area contributed by atoms with Gasteiger partial charge in [-0.05, 0) is 42.0 Å². The summed E-state index contributed by atoms with van der Waals surface area (Å²) in [5.41, 5.74) is 6.35. The highest BCUT2D eigenvalue weighted by molar-refractivity contribution is 8.18. The van der Waals surface area contributed by atoms with Gasteiger partial charge in [0.1, 0.15) is 0 Å². The molecule has 0 unspecified atom stereocenters. The number of ether oxygens (including phenoxy) is 2. The van der Waals surface area contributed by atoms with E-state index in [-0.39, 0.29) is 11.1 Å². The van der Waals surface area contributed by atoms with E-state index in [1.165, 1.54) is 11.8 Å². The minimum absolute atomic E-state index is 0.274. The third-order valence-electron chi connectivity index (χ3n) is 2.58. The third kappa shape index (κ3) is 3.33. The Bertz CT molecular complexity index is 582. The molecule has 6 heteroatoms. The fourth-order valence-electron chi connectivity index (χ4n) is 1.68. The van der Waals surface area contributed by atoms with Crippen molar-refractivity contribution in [1.82, 2.24) is 0 Å². The maximum atomic E-state index is 11.5. The number of aliphatic imine (C=N–C) groups is 1. The van der Waals surface area contributed by atoms with Crippen molar-refractivity contribution in [3.8, 4) is 11.5 Å². The molecule has 1 aromatic carbocycles. The average molecular weight is 292 g/mol. The van der Waals surface area contributed by atoms with Crippen LogP contribution in [0.3, 0.4) is 0 Å².